The van der Waals surface area contributed by atoms with Crippen LogP contribution in [0.5, 0.6) is 11.5 Å². The van der Waals surface area contributed by atoms with Crippen molar-refractivity contribution in [1.29, 1.82) is 0 Å². The third-order valence-electron chi connectivity index (χ3n) is 9.75. The van der Waals surface area contributed by atoms with Crippen LogP contribution in [0.1, 0.15) is 51.5 Å². The zero-order valence-electron chi connectivity index (χ0n) is 26.9. The molecule has 0 spiro atoms. The molecular weight excluding hydrogens is 706 g/mol. The van der Waals surface area contributed by atoms with E-state index >= 15 is 0 Å². The average Bonchev–Trinajstić information content (AvgIpc) is 3.33. The lowest BCUT2D eigenvalue weighted by Crippen LogP contribution is -2.46. The van der Waals surface area contributed by atoms with E-state index in [1.807, 2.05) is 66.7 Å². The van der Waals surface area contributed by atoms with Crippen molar-refractivity contribution in [3.63, 3.8) is 0 Å². The highest BCUT2D eigenvalue weighted by Gasteiger charge is 2.57. The number of benzene rings is 3. The first-order valence-corrected chi connectivity index (χ1v) is 17.4. The Morgan fingerprint density at radius 2 is 1.79 bits per heavy atom. The third kappa shape index (κ3) is 6.73. The van der Waals surface area contributed by atoms with Gasteiger partial charge in [-0.2, -0.15) is 0 Å². The van der Waals surface area contributed by atoms with Crippen molar-refractivity contribution in [1.82, 2.24) is 0 Å². The number of carbonyl (C=O) groups excluding carboxylic acids is 2. The van der Waals surface area contributed by atoms with Crippen LogP contribution in [0.15, 0.2) is 83.4 Å². The molecule has 1 aliphatic carbocycles. The lowest BCUT2D eigenvalue weighted by Gasteiger charge is -2.43. The summed E-state index contributed by atoms with van der Waals surface area (Å²) in [7, 11) is 0.528. The maximum absolute atomic E-state index is 14.1. The molecule has 0 unspecified atom stereocenters. The summed E-state index contributed by atoms with van der Waals surface area (Å²) in [4.78, 5) is 29.4. The van der Waals surface area contributed by atoms with E-state index in [1.54, 1.807) is 0 Å². The summed E-state index contributed by atoms with van der Waals surface area (Å²) in [6.07, 6.45) is 5.56. The van der Waals surface area contributed by atoms with Crippen molar-refractivity contribution in [3.05, 3.63) is 92.6 Å². The molecule has 2 heterocycles. The number of nitrogens with zero attached hydrogens (tertiary/aromatic N) is 1. The van der Waals surface area contributed by atoms with Gasteiger partial charge in [-0.05, 0) is 127 Å². The summed E-state index contributed by atoms with van der Waals surface area (Å²) in [5, 5.41) is 24.5. The molecule has 2 amide bonds. The number of aromatic hydroxyl groups is 1. The number of phenols is 1. The molecule has 47 heavy (non-hydrogen) atoms. The summed E-state index contributed by atoms with van der Waals surface area (Å²) >= 11 is 2.10. The SMILES string of the molecule is CCC1=C2[C@@H](CC/C(=C/c3cc(I)c(O)c(OC)c3)CC)OB(O)C[C@@H]2[C@@H]2C(=O)N(c3ccc(Nc4ccccc4)cc3)C(=O)[C@@H]2C1. The molecule has 3 aromatic carbocycles. The van der Waals surface area contributed by atoms with Gasteiger partial charge in [-0.15, -0.1) is 0 Å². The number of hydrogen-bond acceptors (Lipinski definition) is 7. The van der Waals surface area contributed by atoms with Crippen molar-refractivity contribution in [2.75, 3.05) is 17.3 Å². The fraction of sp³-hybridized carbons (Fsp3) is 0.351. The topological polar surface area (TPSA) is 108 Å². The summed E-state index contributed by atoms with van der Waals surface area (Å²) in [5.74, 6) is -1.03. The number of hydrogen-bond donors (Lipinski definition) is 3. The van der Waals surface area contributed by atoms with E-state index in [2.05, 4.69) is 47.8 Å². The number of methoxy groups -OCH3 is 1. The van der Waals surface area contributed by atoms with Gasteiger partial charge < -0.3 is 24.8 Å². The Bertz CT molecular complexity index is 1710. The van der Waals surface area contributed by atoms with E-state index in [-0.39, 0.29) is 29.6 Å². The van der Waals surface area contributed by atoms with Crippen LogP contribution in [0.3, 0.4) is 0 Å². The molecule has 0 saturated carbocycles. The summed E-state index contributed by atoms with van der Waals surface area (Å²) in [5.41, 5.74) is 6.79. The molecule has 0 radical (unpaired) electrons. The summed E-state index contributed by atoms with van der Waals surface area (Å²) in [6.45, 7) is 4.20. The van der Waals surface area contributed by atoms with E-state index in [4.69, 9.17) is 9.39 Å². The smallest absolute Gasteiger partial charge is 0.455 e. The number of carbonyl (C=O) groups is 2. The number of rotatable bonds is 10. The molecule has 6 rings (SSSR count). The van der Waals surface area contributed by atoms with Crippen molar-refractivity contribution in [3.8, 4) is 11.5 Å². The van der Waals surface area contributed by atoms with Crippen LogP contribution in [0.2, 0.25) is 6.32 Å². The number of anilines is 3. The highest BCUT2D eigenvalue weighted by Crippen LogP contribution is 2.52. The van der Waals surface area contributed by atoms with Crippen LogP contribution in [-0.2, 0) is 14.2 Å². The second-order valence-corrected chi connectivity index (χ2v) is 13.6. The van der Waals surface area contributed by atoms with Crippen LogP contribution in [-0.4, -0.2) is 42.3 Å². The van der Waals surface area contributed by atoms with E-state index in [0.717, 1.165) is 41.8 Å². The van der Waals surface area contributed by atoms with Crippen LogP contribution >= 0.6 is 22.6 Å². The predicted octanol–water partition coefficient (Wildman–Crippen LogP) is 7.73. The van der Waals surface area contributed by atoms with Crippen molar-refractivity contribution in [2.45, 2.75) is 58.4 Å². The lowest BCUT2D eigenvalue weighted by molar-refractivity contribution is -0.122. The van der Waals surface area contributed by atoms with Gasteiger partial charge in [0.05, 0.1) is 34.3 Å². The van der Waals surface area contributed by atoms with Crippen molar-refractivity contribution in [2.24, 2.45) is 17.8 Å². The molecule has 2 saturated heterocycles. The number of halogens is 1. The molecule has 0 bridgehead atoms. The number of phenolic OH excluding ortho intramolecular Hbond substituents is 1. The van der Waals surface area contributed by atoms with Gasteiger partial charge in [0, 0.05) is 11.4 Å². The molecule has 2 aliphatic heterocycles. The van der Waals surface area contributed by atoms with E-state index in [1.165, 1.54) is 23.2 Å². The van der Waals surface area contributed by atoms with E-state index < -0.39 is 19.0 Å². The van der Waals surface area contributed by atoms with E-state index in [9.17, 15) is 19.7 Å². The number of fused-ring (bicyclic) bond motifs is 3. The number of imide groups is 1. The molecule has 4 atom stereocenters. The molecule has 0 aromatic heterocycles. The number of nitrogens with one attached hydrogen (secondary N) is 1. The average molecular weight is 746 g/mol. The second-order valence-electron chi connectivity index (χ2n) is 12.5. The number of ether oxygens (including phenoxy) is 1. The Balaban J connectivity index is 1.22. The van der Waals surface area contributed by atoms with Crippen LogP contribution in [0, 0.1) is 21.3 Å². The minimum absolute atomic E-state index is 0.129. The zero-order chi connectivity index (χ0) is 33.2. The van der Waals surface area contributed by atoms with Crippen LogP contribution < -0.4 is 15.0 Å². The molecule has 10 heteroatoms. The molecular formula is C37H40BIN2O6. The quantitative estimate of drug-likeness (QED) is 0.0844. The predicted molar refractivity (Wildman–Crippen MR) is 194 cm³/mol. The molecule has 2 fully saturated rings. The largest absolute Gasteiger partial charge is 0.504 e. The van der Waals surface area contributed by atoms with Gasteiger partial charge >= 0.3 is 7.12 Å². The minimum Gasteiger partial charge on any atom is -0.504 e. The van der Waals surface area contributed by atoms with E-state index in [0.29, 0.717) is 34.2 Å². The van der Waals surface area contributed by atoms with Gasteiger partial charge in [0.15, 0.2) is 11.5 Å². The number of para-hydroxylation sites is 1. The van der Waals surface area contributed by atoms with Crippen LogP contribution in [0.25, 0.3) is 6.08 Å². The van der Waals surface area contributed by atoms with Crippen molar-refractivity contribution >= 4 is 64.7 Å². The monoisotopic (exact) mass is 746 g/mol. The highest BCUT2D eigenvalue weighted by atomic mass is 127. The first-order valence-electron chi connectivity index (χ1n) is 16.3. The Morgan fingerprint density at radius 1 is 1.06 bits per heavy atom. The summed E-state index contributed by atoms with van der Waals surface area (Å²) < 4.78 is 12.2. The Kier molecular flexibility index (Phi) is 10.1. The third-order valence-corrected chi connectivity index (χ3v) is 10.6. The Labute approximate surface area is 290 Å². The molecule has 8 nitrogen and oxygen atoms in total. The van der Waals surface area contributed by atoms with Crippen molar-refractivity contribution < 1.29 is 29.1 Å². The fourth-order valence-electron chi connectivity index (χ4n) is 7.48. The molecule has 244 valence electrons. The molecule has 3 aliphatic rings. The summed E-state index contributed by atoms with van der Waals surface area (Å²) in [6, 6.07) is 21.0. The van der Waals surface area contributed by atoms with Gasteiger partial charge in [-0.3, -0.25) is 14.5 Å². The first-order chi connectivity index (χ1) is 22.7. The minimum atomic E-state index is -1.01. The highest BCUT2D eigenvalue weighted by molar-refractivity contribution is 14.1. The maximum Gasteiger partial charge on any atom is 0.455 e. The zero-order valence-corrected chi connectivity index (χ0v) is 29.1. The molecule has 3 aromatic rings. The van der Waals surface area contributed by atoms with Gasteiger partial charge in [0.1, 0.15) is 0 Å². The Hall–Kier alpha value is -3.61. The standard InChI is InChI=1S/C37H40BIN2O6/c1-4-22(17-23-18-30(39)35(42)32(19-23)46-3)11-16-31-33-24(5-2)20-28-34(29(33)21-38(45)47-31)37(44)41(36(28)43)27-14-12-26(13-15-27)40-25-9-7-6-8-10-25/h6-10,12-15,17-19,28-29,31,34,40,42,45H,4-5,11,16,20-21H2,1-3H3/b22-17+/t28-,29+,31-,34-/m1/s1. The molecule has 3 N–H and O–H groups in total. The first kappa shape index (κ1) is 33.3. The number of amides is 2. The van der Waals surface area contributed by atoms with Gasteiger partial charge in [-0.25, -0.2) is 0 Å². The normalized spacial score (nSPS) is 22.8. The lowest BCUT2D eigenvalue weighted by atomic mass is 9.58. The van der Waals surface area contributed by atoms with Crippen LogP contribution in [0.4, 0.5) is 17.1 Å². The Morgan fingerprint density at radius 3 is 2.47 bits per heavy atom. The fourth-order valence-corrected chi connectivity index (χ4v) is 8.10. The second kappa shape index (κ2) is 14.3. The van der Waals surface area contributed by atoms with Gasteiger partial charge in [0.2, 0.25) is 11.8 Å². The van der Waals surface area contributed by atoms with Gasteiger partial charge in [-0.1, -0.05) is 49.3 Å². The number of allylic oxidation sites excluding steroid dienone is 2. The maximum atomic E-state index is 14.1. The van der Waals surface area contributed by atoms with Gasteiger partial charge in [0.25, 0.3) is 0 Å².